The minimum Gasteiger partial charge on any atom is -0.372 e. The highest BCUT2D eigenvalue weighted by molar-refractivity contribution is 6.32. The van der Waals surface area contributed by atoms with E-state index < -0.39 is 0 Å². The molecular weight excluding hydrogens is 213 g/mol. The summed E-state index contributed by atoms with van der Waals surface area (Å²) in [6.07, 6.45) is 1.21. The van der Waals surface area contributed by atoms with E-state index in [1.807, 2.05) is 26.0 Å². The molecule has 2 unspecified atom stereocenters. The quantitative estimate of drug-likeness (QED) is 0.557. The fourth-order valence-corrected chi connectivity index (χ4v) is 2.33. The molecule has 0 amide bonds. The molecule has 0 aromatic heterocycles. The molecule has 0 aliphatic carbocycles. The molecule has 0 saturated carbocycles. The molecule has 0 spiro atoms. The lowest BCUT2D eigenvalue weighted by atomic mass is 9.93. The number of anilines is 1. The molecule has 3 nitrogen and oxygen atoms in total. The first-order valence-electron chi connectivity index (χ1n) is 5.85. The summed E-state index contributed by atoms with van der Waals surface area (Å²) >= 11 is 0. The lowest BCUT2D eigenvalue weighted by molar-refractivity contribution is -0.00525. The van der Waals surface area contributed by atoms with Crippen molar-refractivity contribution in [3.05, 3.63) is 23.8 Å². The third-order valence-corrected chi connectivity index (χ3v) is 2.94. The lowest BCUT2D eigenvalue weighted by Gasteiger charge is -2.37. The van der Waals surface area contributed by atoms with E-state index in [0.717, 1.165) is 25.1 Å². The zero-order chi connectivity index (χ0) is 12.4. The summed E-state index contributed by atoms with van der Waals surface area (Å²) < 4.78 is 5.68. The second-order valence-corrected chi connectivity index (χ2v) is 4.60. The lowest BCUT2D eigenvalue weighted by Crippen LogP contribution is -2.46. The average molecular weight is 229 g/mol. The molecule has 2 radical (unpaired) electrons. The van der Waals surface area contributed by atoms with Gasteiger partial charge in [-0.3, -0.25) is 4.79 Å². The van der Waals surface area contributed by atoms with Crippen molar-refractivity contribution in [1.82, 2.24) is 0 Å². The third-order valence-electron chi connectivity index (χ3n) is 2.94. The SMILES string of the molecule is [B]c1ccc(N2CC(C)OC(C)C2)c(C=O)c1. The monoisotopic (exact) mass is 229 g/mol. The van der Waals surface area contributed by atoms with Gasteiger partial charge in [0.15, 0.2) is 6.29 Å². The van der Waals surface area contributed by atoms with Crippen LogP contribution in [-0.4, -0.2) is 39.4 Å². The topological polar surface area (TPSA) is 29.5 Å². The fraction of sp³-hybridized carbons (Fsp3) is 0.462. The van der Waals surface area contributed by atoms with Crippen LogP contribution in [0.1, 0.15) is 24.2 Å². The van der Waals surface area contributed by atoms with Gasteiger partial charge < -0.3 is 9.64 Å². The van der Waals surface area contributed by atoms with Crippen molar-refractivity contribution in [3.8, 4) is 0 Å². The maximum Gasteiger partial charge on any atom is 0.152 e. The van der Waals surface area contributed by atoms with Crippen LogP contribution in [0, 0.1) is 0 Å². The van der Waals surface area contributed by atoms with Crippen LogP contribution in [0.3, 0.4) is 0 Å². The molecular formula is C13H16BNO2. The highest BCUT2D eigenvalue weighted by atomic mass is 16.5. The highest BCUT2D eigenvalue weighted by Crippen LogP contribution is 2.22. The number of rotatable bonds is 2. The number of aldehydes is 1. The van der Waals surface area contributed by atoms with Gasteiger partial charge in [-0.15, -0.1) is 0 Å². The average Bonchev–Trinajstić information content (AvgIpc) is 2.27. The first-order valence-corrected chi connectivity index (χ1v) is 5.85. The predicted molar refractivity (Wildman–Crippen MR) is 69.4 cm³/mol. The van der Waals surface area contributed by atoms with Crippen molar-refractivity contribution in [3.63, 3.8) is 0 Å². The summed E-state index contributed by atoms with van der Waals surface area (Å²) in [6.45, 7) is 5.69. The molecule has 2 rings (SSSR count). The van der Waals surface area contributed by atoms with Gasteiger partial charge in [0.2, 0.25) is 0 Å². The molecule has 0 N–H and O–H groups in total. The van der Waals surface area contributed by atoms with E-state index in [1.54, 1.807) is 6.07 Å². The molecule has 1 aromatic rings. The number of hydrogen-bond donors (Lipinski definition) is 0. The van der Waals surface area contributed by atoms with Crippen LogP contribution >= 0.6 is 0 Å². The van der Waals surface area contributed by atoms with Crippen molar-refractivity contribution in [1.29, 1.82) is 0 Å². The Morgan fingerprint density at radius 1 is 1.35 bits per heavy atom. The van der Waals surface area contributed by atoms with Crippen LogP contribution in [-0.2, 0) is 4.74 Å². The molecule has 17 heavy (non-hydrogen) atoms. The standard InChI is InChI=1S/C13H16BNO2/c1-9-6-15(7-10(2)17-9)13-4-3-12(14)5-11(13)8-16/h3-5,8-10H,6-7H2,1-2H3. The Morgan fingerprint density at radius 2 is 2.00 bits per heavy atom. The highest BCUT2D eigenvalue weighted by Gasteiger charge is 2.23. The number of nitrogens with zero attached hydrogens (tertiary/aromatic N) is 1. The van der Waals surface area contributed by atoms with Crippen LogP contribution in [0.25, 0.3) is 0 Å². The Labute approximate surface area is 103 Å². The molecule has 1 heterocycles. The number of ether oxygens (including phenoxy) is 1. The maximum atomic E-state index is 11.1. The summed E-state index contributed by atoms with van der Waals surface area (Å²) in [6, 6.07) is 5.45. The molecule has 0 bridgehead atoms. The summed E-state index contributed by atoms with van der Waals surface area (Å²) in [5.74, 6) is 0. The minimum absolute atomic E-state index is 0.177. The molecule has 88 valence electrons. The van der Waals surface area contributed by atoms with Crippen molar-refractivity contribution in [2.75, 3.05) is 18.0 Å². The number of morpholine rings is 1. The molecule has 1 aromatic carbocycles. The molecule has 1 aliphatic heterocycles. The van der Waals surface area contributed by atoms with Gasteiger partial charge in [-0.1, -0.05) is 17.6 Å². The Bertz CT molecular complexity index is 412. The van der Waals surface area contributed by atoms with Crippen LogP contribution in [0.4, 0.5) is 5.69 Å². The van der Waals surface area contributed by atoms with Crippen molar-refractivity contribution >= 4 is 25.3 Å². The van der Waals surface area contributed by atoms with Gasteiger partial charge in [-0.05, 0) is 19.9 Å². The zero-order valence-corrected chi connectivity index (χ0v) is 10.2. The fourth-order valence-electron chi connectivity index (χ4n) is 2.33. The van der Waals surface area contributed by atoms with Gasteiger partial charge in [0.1, 0.15) is 7.85 Å². The van der Waals surface area contributed by atoms with Crippen molar-refractivity contribution in [2.45, 2.75) is 26.1 Å². The van der Waals surface area contributed by atoms with E-state index in [0.29, 0.717) is 11.0 Å². The molecule has 1 fully saturated rings. The first-order chi connectivity index (χ1) is 8.10. The van der Waals surface area contributed by atoms with E-state index in [9.17, 15) is 4.79 Å². The minimum atomic E-state index is 0.177. The van der Waals surface area contributed by atoms with Gasteiger partial charge in [0.25, 0.3) is 0 Å². The van der Waals surface area contributed by atoms with Gasteiger partial charge >= 0.3 is 0 Å². The van der Waals surface area contributed by atoms with E-state index in [1.165, 1.54) is 0 Å². The Kier molecular flexibility index (Phi) is 3.53. The van der Waals surface area contributed by atoms with E-state index in [4.69, 9.17) is 12.6 Å². The Morgan fingerprint density at radius 3 is 2.59 bits per heavy atom. The summed E-state index contributed by atoms with van der Waals surface area (Å²) in [7, 11) is 5.69. The Hall–Kier alpha value is -1.29. The predicted octanol–water partition coefficient (Wildman–Crippen LogP) is 0.907. The molecule has 2 atom stereocenters. The maximum absolute atomic E-state index is 11.1. The van der Waals surface area contributed by atoms with Crippen LogP contribution in [0.2, 0.25) is 0 Å². The van der Waals surface area contributed by atoms with Crippen LogP contribution in [0.15, 0.2) is 18.2 Å². The number of carbonyl (C=O) groups is 1. The smallest absolute Gasteiger partial charge is 0.152 e. The Balaban J connectivity index is 2.29. The van der Waals surface area contributed by atoms with E-state index in [2.05, 4.69) is 4.90 Å². The van der Waals surface area contributed by atoms with Gasteiger partial charge in [-0.25, -0.2) is 0 Å². The molecule has 4 heteroatoms. The summed E-state index contributed by atoms with van der Waals surface area (Å²) in [5.41, 5.74) is 2.20. The number of benzene rings is 1. The molecule has 1 aliphatic rings. The second-order valence-electron chi connectivity index (χ2n) is 4.60. The number of hydrogen-bond acceptors (Lipinski definition) is 3. The largest absolute Gasteiger partial charge is 0.372 e. The van der Waals surface area contributed by atoms with Crippen molar-refractivity contribution in [2.24, 2.45) is 0 Å². The zero-order valence-electron chi connectivity index (χ0n) is 10.2. The van der Waals surface area contributed by atoms with Gasteiger partial charge in [0.05, 0.1) is 12.2 Å². The third kappa shape index (κ3) is 2.69. The van der Waals surface area contributed by atoms with Gasteiger partial charge in [-0.2, -0.15) is 0 Å². The summed E-state index contributed by atoms with van der Waals surface area (Å²) in [5, 5.41) is 0. The van der Waals surface area contributed by atoms with Crippen LogP contribution in [0.5, 0.6) is 0 Å². The summed E-state index contributed by atoms with van der Waals surface area (Å²) in [4.78, 5) is 13.3. The first kappa shape index (κ1) is 12.2. The normalized spacial score (nSPS) is 24.7. The second kappa shape index (κ2) is 4.92. The van der Waals surface area contributed by atoms with Crippen LogP contribution < -0.4 is 10.4 Å². The van der Waals surface area contributed by atoms with Crippen molar-refractivity contribution < 1.29 is 9.53 Å². The van der Waals surface area contributed by atoms with E-state index >= 15 is 0 Å². The number of carbonyl (C=O) groups excluding carboxylic acids is 1. The van der Waals surface area contributed by atoms with E-state index in [-0.39, 0.29) is 12.2 Å². The van der Waals surface area contributed by atoms with Gasteiger partial charge in [0, 0.05) is 24.3 Å². The molecule has 1 saturated heterocycles.